The van der Waals surface area contributed by atoms with E-state index in [9.17, 15) is 18.0 Å². The molecule has 3 aromatic rings. The fraction of sp³-hybridized carbons (Fsp3) is 0.167. The number of aryl methyl sites for hydroxylation is 2. The van der Waals surface area contributed by atoms with Gasteiger partial charge in [0, 0.05) is 5.69 Å². The molecular formula is C24H24N2O6S. The highest BCUT2D eigenvalue weighted by Gasteiger charge is 2.16. The summed E-state index contributed by atoms with van der Waals surface area (Å²) in [5.74, 6) is -0.741. The minimum atomic E-state index is -3.78. The van der Waals surface area contributed by atoms with Gasteiger partial charge in [0.05, 0.1) is 23.3 Å². The van der Waals surface area contributed by atoms with Crippen LogP contribution < -0.4 is 14.8 Å². The maximum Gasteiger partial charge on any atom is 0.339 e. The molecule has 0 atom stereocenters. The molecule has 0 spiro atoms. The summed E-state index contributed by atoms with van der Waals surface area (Å²) in [5, 5.41) is 2.60. The van der Waals surface area contributed by atoms with Crippen molar-refractivity contribution in [3.8, 4) is 5.75 Å². The first-order valence-corrected chi connectivity index (χ1v) is 11.5. The Bertz CT molecular complexity index is 1250. The van der Waals surface area contributed by atoms with Gasteiger partial charge in [0.2, 0.25) is 0 Å². The third kappa shape index (κ3) is 6.33. The summed E-state index contributed by atoms with van der Waals surface area (Å²) in [6.45, 7) is 3.45. The second-order valence-corrected chi connectivity index (χ2v) is 9.01. The van der Waals surface area contributed by atoms with Crippen LogP contribution in [0.1, 0.15) is 21.5 Å². The van der Waals surface area contributed by atoms with E-state index in [1.165, 1.54) is 37.4 Å². The number of esters is 1. The largest absolute Gasteiger partial charge is 0.484 e. The molecule has 0 unspecified atom stereocenters. The first kappa shape index (κ1) is 23.8. The SMILES string of the molecule is COC(=O)c1ccccc1NC(=O)COc1ccc(S(=O)(=O)Nc2cc(C)cc(C)c2)cc1. The molecule has 0 aromatic heterocycles. The minimum absolute atomic E-state index is 0.0606. The van der Waals surface area contributed by atoms with Gasteiger partial charge in [-0.05, 0) is 73.5 Å². The highest BCUT2D eigenvalue weighted by atomic mass is 32.2. The van der Waals surface area contributed by atoms with Crippen molar-refractivity contribution >= 4 is 33.3 Å². The maximum atomic E-state index is 12.7. The van der Waals surface area contributed by atoms with Crippen LogP contribution in [0.4, 0.5) is 11.4 Å². The zero-order chi connectivity index (χ0) is 24.0. The monoisotopic (exact) mass is 468 g/mol. The summed E-state index contributed by atoms with van der Waals surface area (Å²) in [4.78, 5) is 24.1. The van der Waals surface area contributed by atoms with Crippen LogP contribution >= 0.6 is 0 Å². The average Bonchev–Trinajstić information content (AvgIpc) is 2.77. The van der Waals surface area contributed by atoms with Crippen LogP contribution in [0.3, 0.4) is 0 Å². The number of methoxy groups -OCH3 is 1. The molecule has 3 rings (SSSR count). The zero-order valence-corrected chi connectivity index (χ0v) is 19.2. The highest BCUT2D eigenvalue weighted by molar-refractivity contribution is 7.92. The van der Waals surface area contributed by atoms with Crippen LogP contribution in [0.15, 0.2) is 71.6 Å². The third-order valence-electron chi connectivity index (χ3n) is 4.58. The number of amides is 1. The molecule has 0 aliphatic rings. The molecule has 0 heterocycles. The number of rotatable bonds is 8. The normalized spacial score (nSPS) is 10.9. The van der Waals surface area contributed by atoms with E-state index in [1.54, 1.807) is 30.3 Å². The summed E-state index contributed by atoms with van der Waals surface area (Å²) in [7, 11) is -2.52. The maximum absolute atomic E-state index is 12.7. The molecule has 9 heteroatoms. The molecule has 172 valence electrons. The summed E-state index contributed by atoms with van der Waals surface area (Å²) in [6.07, 6.45) is 0. The van der Waals surface area contributed by atoms with E-state index in [4.69, 9.17) is 9.47 Å². The van der Waals surface area contributed by atoms with Crippen LogP contribution in [0, 0.1) is 13.8 Å². The Hall–Kier alpha value is -3.85. The molecule has 0 saturated heterocycles. The number of hydrogen-bond donors (Lipinski definition) is 2. The summed E-state index contributed by atoms with van der Waals surface area (Å²) in [6, 6.07) is 17.6. The first-order chi connectivity index (χ1) is 15.7. The van der Waals surface area contributed by atoms with Crippen molar-refractivity contribution in [2.24, 2.45) is 0 Å². The molecule has 0 bridgehead atoms. The van der Waals surface area contributed by atoms with Gasteiger partial charge >= 0.3 is 5.97 Å². The Labute approximate surface area is 192 Å². The minimum Gasteiger partial charge on any atom is -0.484 e. The molecule has 33 heavy (non-hydrogen) atoms. The van der Waals surface area contributed by atoms with Gasteiger partial charge in [-0.2, -0.15) is 0 Å². The topological polar surface area (TPSA) is 111 Å². The van der Waals surface area contributed by atoms with E-state index >= 15 is 0 Å². The van der Waals surface area contributed by atoms with E-state index in [0.29, 0.717) is 17.1 Å². The van der Waals surface area contributed by atoms with Gasteiger partial charge in [0.25, 0.3) is 15.9 Å². The Morgan fingerprint density at radius 1 is 0.909 bits per heavy atom. The van der Waals surface area contributed by atoms with Crippen LogP contribution in [-0.4, -0.2) is 34.0 Å². The number of carbonyl (C=O) groups excluding carboxylic acids is 2. The number of benzene rings is 3. The molecule has 0 aliphatic carbocycles. The Balaban J connectivity index is 1.62. The lowest BCUT2D eigenvalue weighted by Gasteiger charge is -2.12. The number of anilines is 2. The van der Waals surface area contributed by atoms with Crippen LogP contribution in [0.25, 0.3) is 0 Å². The summed E-state index contributed by atoms with van der Waals surface area (Å²) < 4.78 is 38.0. The van der Waals surface area contributed by atoms with Crippen molar-refractivity contribution in [2.75, 3.05) is 23.8 Å². The molecule has 0 fully saturated rings. The lowest BCUT2D eigenvalue weighted by atomic mass is 10.1. The van der Waals surface area contributed by atoms with E-state index in [2.05, 4.69) is 10.0 Å². The molecule has 0 radical (unpaired) electrons. The predicted molar refractivity (Wildman–Crippen MR) is 125 cm³/mol. The smallest absolute Gasteiger partial charge is 0.339 e. The number of sulfonamides is 1. The van der Waals surface area contributed by atoms with Crippen molar-refractivity contribution in [3.05, 3.63) is 83.4 Å². The molecular weight excluding hydrogens is 444 g/mol. The zero-order valence-electron chi connectivity index (χ0n) is 18.4. The van der Waals surface area contributed by atoms with Gasteiger partial charge in [0.1, 0.15) is 5.75 Å². The molecule has 3 aromatic carbocycles. The van der Waals surface area contributed by atoms with E-state index in [1.807, 2.05) is 19.9 Å². The van der Waals surface area contributed by atoms with Crippen LogP contribution in [0.2, 0.25) is 0 Å². The van der Waals surface area contributed by atoms with Crippen molar-refractivity contribution < 1.29 is 27.5 Å². The molecule has 0 saturated carbocycles. The number of para-hydroxylation sites is 1. The standard InChI is InChI=1S/C24H24N2O6S/c1-16-12-17(2)14-18(13-16)26-33(29,30)20-10-8-19(9-11-20)32-15-23(27)25-22-7-5-4-6-21(22)24(28)31-3/h4-14,26H,15H2,1-3H3,(H,25,27). The molecule has 0 aliphatic heterocycles. The molecule has 1 amide bonds. The quantitative estimate of drug-likeness (QED) is 0.485. The van der Waals surface area contributed by atoms with Gasteiger partial charge < -0.3 is 14.8 Å². The molecule has 8 nitrogen and oxygen atoms in total. The Morgan fingerprint density at radius 2 is 1.55 bits per heavy atom. The highest BCUT2D eigenvalue weighted by Crippen LogP contribution is 2.21. The first-order valence-electron chi connectivity index (χ1n) is 9.99. The lowest BCUT2D eigenvalue weighted by molar-refractivity contribution is -0.118. The predicted octanol–water partition coefficient (Wildman–Crippen LogP) is 3.91. The van der Waals surface area contributed by atoms with Crippen molar-refractivity contribution in [1.29, 1.82) is 0 Å². The fourth-order valence-corrected chi connectivity index (χ4v) is 4.22. The van der Waals surface area contributed by atoms with Crippen molar-refractivity contribution in [2.45, 2.75) is 18.7 Å². The average molecular weight is 469 g/mol. The Kier molecular flexibility index (Phi) is 7.34. The number of carbonyl (C=O) groups is 2. The second-order valence-electron chi connectivity index (χ2n) is 7.33. The summed E-state index contributed by atoms with van der Waals surface area (Å²) in [5.41, 5.74) is 2.90. The van der Waals surface area contributed by atoms with Gasteiger partial charge in [0.15, 0.2) is 6.61 Å². The van der Waals surface area contributed by atoms with Gasteiger partial charge in [-0.3, -0.25) is 9.52 Å². The number of ether oxygens (including phenoxy) is 2. The van der Waals surface area contributed by atoms with Crippen LogP contribution in [-0.2, 0) is 19.6 Å². The Morgan fingerprint density at radius 3 is 2.18 bits per heavy atom. The van der Waals surface area contributed by atoms with Gasteiger partial charge in [-0.1, -0.05) is 18.2 Å². The number of nitrogens with one attached hydrogen (secondary N) is 2. The van der Waals surface area contributed by atoms with Crippen molar-refractivity contribution in [3.63, 3.8) is 0 Å². The van der Waals surface area contributed by atoms with E-state index in [-0.39, 0.29) is 17.1 Å². The third-order valence-corrected chi connectivity index (χ3v) is 5.98. The second kappa shape index (κ2) is 10.2. The van der Waals surface area contributed by atoms with Gasteiger partial charge in [-0.25, -0.2) is 13.2 Å². The van der Waals surface area contributed by atoms with Crippen LogP contribution in [0.5, 0.6) is 5.75 Å². The number of hydrogen-bond acceptors (Lipinski definition) is 6. The van der Waals surface area contributed by atoms with Gasteiger partial charge in [-0.15, -0.1) is 0 Å². The lowest BCUT2D eigenvalue weighted by Crippen LogP contribution is -2.21. The fourth-order valence-electron chi connectivity index (χ4n) is 3.18. The van der Waals surface area contributed by atoms with E-state index in [0.717, 1.165) is 11.1 Å². The summed E-state index contributed by atoms with van der Waals surface area (Å²) >= 11 is 0. The van der Waals surface area contributed by atoms with Crippen molar-refractivity contribution in [1.82, 2.24) is 0 Å². The molecule has 2 N–H and O–H groups in total. The van der Waals surface area contributed by atoms with E-state index < -0.39 is 21.9 Å².